The highest BCUT2D eigenvalue weighted by atomic mass is 14.9. The molecule has 0 fully saturated rings. The van der Waals surface area contributed by atoms with Gasteiger partial charge in [0.1, 0.15) is 0 Å². The van der Waals surface area contributed by atoms with E-state index in [4.69, 9.17) is 9.97 Å². The summed E-state index contributed by atoms with van der Waals surface area (Å²) in [7, 11) is 0. The van der Waals surface area contributed by atoms with Crippen LogP contribution in [0.3, 0.4) is 0 Å². The minimum atomic E-state index is 0.607. The van der Waals surface area contributed by atoms with Crippen LogP contribution in [0.5, 0.6) is 0 Å². The summed E-state index contributed by atoms with van der Waals surface area (Å²) in [6.45, 7) is 0.856. The van der Waals surface area contributed by atoms with E-state index in [-0.39, 0.29) is 0 Å². The van der Waals surface area contributed by atoms with Crippen molar-refractivity contribution in [3.63, 3.8) is 0 Å². The number of dihydropyridines is 1. The van der Waals surface area contributed by atoms with Crippen molar-refractivity contribution in [2.24, 2.45) is 10.9 Å². The molecule has 222 valence electrons. The number of aromatic nitrogens is 2. The number of hydrogen-bond acceptors (Lipinski definition) is 3. The SMILES string of the molecule is C1=CC2=C(c3cccc(-c4nc(-c5ccc(-c6ccccc6)cc5)cc(-c5cccc(C6=CCCN=C6)c5)n4)c3)C=CCC2CC1. The number of rotatable bonds is 6. The molecule has 8 rings (SSSR count). The summed E-state index contributed by atoms with van der Waals surface area (Å²) in [6.07, 6.45) is 18.0. The number of hydrogen-bond donors (Lipinski definition) is 0. The Balaban J connectivity index is 1.24. The average Bonchev–Trinajstić information content (AvgIpc) is 3.15. The third-order valence-electron chi connectivity index (χ3n) is 9.23. The van der Waals surface area contributed by atoms with Crippen LogP contribution in [0.1, 0.15) is 36.8 Å². The fourth-order valence-electron chi connectivity index (χ4n) is 6.79. The Morgan fingerprint density at radius 2 is 1.24 bits per heavy atom. The van der Waals surface area contributed by atoms with Gasteiger partial charge in [-0.05, 0) is 88.8 Å². The Morgan fingerprint density at radius 1 is 0.543 bits per heavy atom. The normalized spacial score (nSPS) is 17.1. The molecule has 1 aromatic heterocycles. The minimum absolute atomic E-state index is 0.607. The summed E-state index contributed by atoms with van der Waals surface area (Å²) in [5, 5.41) is 0. The molecular weight excluding hydrogens is 558 g/mol. The summed E-state index contributed by atoms with van der Waals surface area (Å²) in [6, 6.07) is 38.7. The average molecular weight is 594 g/mol. The van der Waals surface area contributed by atoms with Gasteiger partial charge in [-0.15, -0.1) is 0 Å². The zero-order valence-corrected chi connectivity index (χ0v) is 25.8. The Morgan fingerprint density at radius 3 is 2.07 bits per heavy atom. The van der Waals surface area contributed by atoms with Crippen molar-refractivity contribution in [1.82, 2.24) is 9.97 Å². The maximum absolute atomic E-state index is 5.21. The second kappa shape index (κ2) is 12.5. The van der Waals surface area contributed by atoms with E-state index in [0.29, 0.717) is 5.92 Å². The van der Waals surface area contributed by atoms with Crippen molar-refractivity contribution in [2.75, 3.05) is 6.54 Å². The topological polar surface area (TPSA) is 38.1 Å². The van der Waals surface area contributed by atoms with E-state index in [1.165, 1.54) is 34.3 Å². The van der Waals surface area contributed by atoms with Gasteiger partial charge in [-0.2, -0.15) is 0 Å². The first-order valence-electron chi connectivity index (χ1n) is 16.3. The highest BCUT2D eigenvalue weighted by Crippen LogP contribution is 2.39. The smallest absolute Gasteiger partial charge is 0.160 e. The number of fused-ring (bicyclic) bond motifs is 1. The molecule has 0 amide bonds. The molecule has 1 unspecified atom stereocenters. The fraction of sp³-hybridized carbons (Fsp3) is 0.140. The van der Waals surface area contributed by atoms with Crippen molar-refractivity contribution < 1.29 is 0 Å². The van der Waals surface area contributed by atoms with E-state index >= 15 is 0 Å². The lowest BCUT2D eigenvalue weighted by molar-refractivity contribution is 0.568. The van der Waals surface area contributed by atoms with Crippen molar-refractivity contribution in [1.29, 1.82) is 0 Å². The quantitative estimate of drug-likeness (QED) is 0.196. The van der Waals surface area contributed by atoms with Crippen LogP contribution in [-0.4, -0.2) is 22.7 Å². The standard InChI is InChI=1S/C43H35N3/c1-2-10-30(11-3-1)31-21-23-33(24-22-31)41-28-42(36-16-6-14-34(26-36)38-18-9-25-44-29-38)46-43(45-41)37-17-7-15-35(27-37)40-20-8-13-32-12-4-5-19-39(32)40/h1-3,5-8,10-11,14-24,26-29,32H,4,9,12-13,25H2. The van der Waals surface area contributed by atoms with Gasteiger partial charge < -0.3 is 0 Å². The Labute approximate surface area is 271 Å². The third-order valence-corrected chi connectivity index (χ3v) is 9.23. The maximum atomic E-state index is 5.21. The number of aliphatic imine (C=N–C) groups is 1. The van der Waals surface area contributed by atoms with Gasteiger partial charge in [-0.1, -0.05) is 121 Å². The zero-order chi connectivity index (χ0) is 30.7. The van der Waals surface area contributed by atoms with Gasteiger partial charge in [-0.3, -0.25) is 4.99 Å². The predicted molar refractivity (Wildman–Crippen MR) is 192 cm³/mol. The molecule has 4 aromatic carbocycles. The van der Waals surface area contributed by atoms with E-state index in [9.17, 15) is 0 Å². The van der Waals surface area contributed by atoms with Crippen LogP contribution < -0.4 is 0 Å². The van der Waals surface area contributed by atoms with Crippen LogP contribution in [0.2, 0.25) is 0 Å². The summed E-state index contributed by atoms with van der Waals surface area (Å²) >= 11 is 0. The van der Waals surface area contributed by atoms with Crippen LogP contribution in [0.15, 0.2) is 150 Å². The molecule has 0 bridgehead atoms. The van der Waals surface area contributed by atoms with Crippen LogP contribution in [0.25, 0.3) is 56.2 Å². The largest absolute Gasteiger partial charge is 0.292 e. The molecular formula is C43H35N3. The minimum Gasteiger partial charge on any atom is -0.292 e. The van der Waals surface area contributed by atoms with Crippen LogP contribution in [-0.2, 0) is 0 Å². The molecule has 46 heavy (non-hydrogen) atoms. The van der Waals surface area contributed by atoms with Crippen molar-refractivity contribution in [2.45, 2.75) is 25.7 Å². The fourth-order valence-corrected chi connectivity index (χ4v) is 6.79. The van der Waals surface area contributed by atoms with Gasteiger partial charge >= 0.3 is 0 Å². The molecule has 0 saturated carbocycles. The molecule has 1 aliphatic heterocycles. The highest BCUT2D eigenvalue weighted by Gasteiger charge is 2.21. The van der Waals surface area contributed by atoms with E-state index in [0.717, 1.165) is 70.8 Å². The lowest BCUT2D eigenvalue weighted by atomic mass is 9.79. The number of allylic oxidation sites excluding steroid dienone is 7. The second-order valence-corrected chi connectivity index (χ2v) is 12.2. The molecule has 2 heterocycles. The summed E-state index contributed by atoms with van der Waals surface area (Å²) in [4.78, 5) is 14.9. The van der Waals surface area contributed by atoms with Gasteiger partial charge in [0.2, 0.25) is 0 Å². The molecule has 0 saturated heterocycles. The first-order valence-corrected chi connectivity index (χ1v) is 16.3. The molecule has 0 radical (unpaired) electrons. The van der Waals surface area contributed by atoms with Gasteiger partial charge in [0, 0.05) is 29.4 Å². The first kappa shape index (κ1) is 28.1. The molecule has 3 nitrogen and oxygen atoms in total. The van der Waals surface area contributed by atoms with Crippen molar-refractivity contribution in [3.8, 4) is 45.0 Å². The maximum Gasteiger partial charge on any atom is 0.160 e. The molecule has 0 spiro atoms. The molecule has 0 N–H and O–H groups in total. The zero-order valence-electron chi connectivity index (χ0n) is 25.8. The summed E-state index contributed by atoms with van der Waals surface area (Å²) in [5.74, 6) is 1.33. The number of benzene rings is 4. The monoisotopic (exact) mass is 593 g/mol. The molecule has 1 atom stereocenters. The van der Waals surface area contributed by atoms with Crippen LogP contribution in [0, 0.1) is 5.92 Å². The van der Waals surface area contributed by atoms with E-state index in [1.807, 2.05) is 6.21 Å². The van der Waals surface area contributed by atoms with Gasteiger partial charge in [0.15, 0.2) is 5.82 Å². The lowest BCUT2D eigenvalue weighted by Gasteiger charge is -2.26. The van der Waals surface area contributed by atoms with Crippen LogP contribution in [0.4, 0.5) is 0 Å². The Bertz CT molecular complexity index is 2060. The van der Waals surface area contributed by atoms with E-state index in [1.54, 1.807) is 0 Å². The highest BCUT2D eigenvalue weighted by molar-refractivity contribution is 6.10. The Kier molecular flexibility index (Phi) is 7.65. The predicted octanol–water partition coefficient (Wildman–Crippen LogP) is 10.7. The Hall–Kier alpha value is -5.41. The second-order valence-electron chi connectivity index (χ2n) is 12.2. The van der Waals surface area contributed by atoms with Crippen LogP contribution >= 0.6 is 0 Å². The molecule has 3 heteroatoms. The molecule has 5 aromatic rings. The summed E-state index contributed by atoms with van der Waals surface area (Å²) in [5.41, 5.74) is 13.7. The van der Waals surface area contributed by atoms with Gasteiger partial charge in [0.25, 0.3) is 0 Å². The number of nitrogens with zero attached hydrogens (tertiary/aromatic N) is 3. The van der Waals surface area contributed by atoms with E-state index < -0.39 is 0 Å². The van der Waals surface area contributed by atoms with Gasteiger partial charge in [0.05, 0.1) is 11.4 Å². The summed E-state index contributed by atoms with van der Waals surface area (Å²) < 4.78 is 0. The van der Waals surface area contributed by atoms with Gasteiger partial charge in [-0.25, -0.2) is 9.97 Å². The van der Waals surface area contributed by atoms with Crippen molar-refractivity contribution in [3.05, 3.63) is 156 Å². The third kappa shape index (κ3) is 5.73. The molecule has 2 aliphatic carbocycles. The van der Waals surface area contributed by atoms with Crippen molar-refractivity contribution >= 4 is 17.4 Å². The lowest BCUT2D eigenvalue weighted by Crippen LogP contribution is -2.10. The van der Waals surface area contributed by atoms with E-state index in [2.05, 4.69) is 145 Å². The molecule has 3 aliphatic rings. The first-order chi connectivity index (χ1) is 22.8.